The summed E-state index contributed by atoms with van der Waals surface area (Å²) in [6.45, 7) is 8.98. The largest absolute Gasteiger partial charge is 0.350 e. The van der Waals surface area contributed by atoms with Gasteiger partial charge in [0.1, 0.15) is 11.9 Å². The smallest absolute Gasteiger partial charge is 0.242 e. The SMILES string of the molecule is Cc1ccccc1N(CCCC(=O)N(Cc1ccccc1F)C(C)C(=O)NC(C)(C)C)S(C)(=O)=O. The van der Waals surface area contributed by atoms with Crippen LogP contribution in [-0.4, -0.2) is 49.5 Å². The fourth-order valence-corrected chi connectivity index (χ4v) is 4.72. The highest BCUT2D eigenvalue weighted by molar-refractivity contribution is 7.92. The molecule has 1 atom stereocenters. The van der Waals surface area contributed by atoms with Gasteiger partial charge in [0.05, 0.1) is 11.9 Å². The van der Waals surface area contributed by atoms with E-state index < -0.39 is 27.4 Å². The molecule has 0 bridgehead atoms. The average molecular weight is 506 g/mol. The summed E-state index contributed by atoms with van der Waals surface area (Å²) in [5, 5.41) is 2.86. The highest BCUT2D eigenvalue weighted by atomic mass is 32.2. The van der Waals surface area contributed by atoms with Gasteiger partial charge in [-0.05, 0) is 58.7 Å². The molecule has 0 aromatic heterocycles. The fourth-order valence-electron chi connectivity index (χ4n) is 3.69. The zero-order chi connectivity index (χ0) is 26.4. The Morgan fingerprint density at radius 1 is 1.06 bits per heavy atom. The third-order valence-corrected chi connectivity index (χ3v) is 6.68. The van der Waals surface area contributed by atoms with Crippen LogP contribution in [0, 0.1) is 12.7 Å². The Hall–Kier alpha value is -2.94. The first-order valence-electron chi connectivity index (χ1n) is 11.6. The molecule has 0 spiro atoms. The molecule has 0 aliphatic carbocycles. The minimum absolute atomic E-state index is 0.000504. The number of halogens is 1. The number of benzene rings is 2. The molecule has 0 fully saturated rings. The lowest BCUT2D eigenvalue weighted by molar-refractivity contribution is -0.141. The number of hydrogen-bond acceptors (Lipinski definition) is 4. The van der Waals surface area contributed by atoms with Crippen LogP contribution in [0.4, 0.5) is 10.1 Å². The molecular weight excluding hydrogens is 469 g/mol. The monoisotopic (exact) mass is 505 g/mol. The number of hydrogen-bond donors (Lipinski definition) is 1. The van der Waals surface area contributed by atoms with E-state index >= 15 is 0 Å². The topological polar surface area (TPSA) is 86.8 Å². The molecule has 2 aromatic rings. The molecule has 35 heavy (non-hydrogen) atoms. The number of para-hydroxylation sites is 1. The molecule has 2 rings (SSSR count). The molecule has 0 saturated carbocycles. The van der Waals surface area contributed by atoms with Crippen LogP contribution in [0.3, 0.4) is 0 Å². The molecule has 1 N–H and O–H groups in total. The first kappa shape index (κ1) is 28.3. The molecular formula is C26H36FN3O4S. The predicted octanol–water partition coefficient (Wildman–Crippen LogP) is 4.01. The molecule has 2 aromatic carbocycles. The van der Waals surface area contributed by atoms with Gasteiger partial charge in [0.2, 0.25) is 21.8 Å². The summed E-state index contributed by atoms with van der Waals surface area (Å²) in [6.07, 6.45) is 1.37. The maximum absolute atomic E-state index is 14.4. The van der Waals surface area contributed by atoms with Gasteiger partial charge in [0, 0.05) is 30.6 Å². The van der Waals surface area contributed by atoms with Crippen molar-refractivity contribution in [3.05, 3.63) is 65.5 Å². The number of aryl methyl sites for hydroxylation is 1. The van der Waals surface area contributed by atoms with Gasteiger partial charge in [-0.2, -0.15) is 0 Å². The Bertz CT molecular complexity index is 1150. The number of sulfonamides is 1. The number of carbonyl (C=O) groups excluding carboxylic acids is 2. The average Bonchev–Trinajstić information content (AvgIpc) is 2.74. The van der Waals surface area contributed by atoms with Crippen molar-refractivity contribution in [3.8, 4) is 0 Å². The van der Waals surface area contributed by atoms with E-state index in [0.717, 1.165) is 11.8 Å². The van der Waals surface area contributed by atoms with Crippen LogP contribution < -0.4 is 9.62 Å². The lowest BCUT2D eigenvalue weighted by Crippen LogP contribution is -2.52. The number of nitrogens with zero attached hydrogens (tertiary/aromatic N) is 2. The van der Waals surface area contributed by atoms with Gasteiger partial charge < -0.3 is 10.2 Å². The Morgan fingerprint density at radius 3 is 2.23 bits per heavy atom. The highest BCUT2D eigenvalue weighted by Gasteiger charge is 2.29. The molecule has 192 valence electrons. The first-order valence-corrected chi connectivity index (χ1v) is 13.4. The van der Waals surface area contributed by atoms with Gasteiger partial charge >= 0.3 is 0 Å². The molecule has 0 aliphatic rings. The van der Waals surface area contributed by atoms with Crippen molar-refractivity contribution < 1.29 is 22.4 Å². The second-order valence-electron chi connectivity index (χ2n) is 9.75. The molecule has 0 radical (unpaired) electrons. The van der Waals surface area contributed by atoms with Gasteiger partial charge in [-0.3, -0.25) is 13.9 Å². The summed E-state index contributed by atoms with van der Waals surface area (Å²) in [6, 6.07) is 12.4. The highest BCUT2D eigenvalue weighted by Crippen LogP contribution is 2.23. The standard InChI is InChI=1S/C26H36FN3O4S/c1-19-12-7-10-15-23(19)30(35(6,33)34)17-11-16-24(31)29(18-21-13-8-9-14-22(21)27)20(2)25(32)28-26(3,4)5/h7-10,12-15,20H,11,16-18H2,1-6H3,(H,28,32). The zero-order valence-corrected chi connectivity index (χ0v) is 22.2. The van der Waals surface area contributed by atoms with Crippen LogP contribution in [0.1, 0.15) is 51.7 Å². The lowest BCUT2D eigenvalue weighted by atomic mass is 10.1. The van der Waals surface area contributed by atoms with E-state index in [9.17, 15) is 22.4 Å². The van der Waals surface area contributed by atoms with Crippen molar-refractivity contribution in [3.63, 3.8) is 0 Å². The maximum atomic E-state index is 14.4. The summed E-state index contributed by atoms with van der Waals surface area (Å²) in [5.74, 6) is -1.17. The minimum atomic E-state index is -3.57. The summed E-state index contributed by atoms with van der Waals surface area (Å²) in [4.78, 5) is 27.4. The molecule has 0 saturated heterocycles. The van der Waals surface area contributed by atoms with Crippen molar-refractivity contribution in [1.82, 2.24) is 10.2 Å². The third-order valence-electron chi connectivity index (χ3n) is 5.50. The van der Waals surface area contributed by atoms with Crippen LogP contribution in [0.2, 0.25) is 0 Å². The van der Waals surface area contributed by atoms with Gasteiger partial charge in [-0.1, -0.05) is 36.4 Å². The number of rotatable bonds is 10. The molecule has 0 aliphatic heterocycles. The van der Waals surface area contributed by atoms with Crippen LogP contribution in [0.15, 0.2) is 48.5 Å². The summed E-state index contributed by atoms with van der Waals surface area (Å²) >= 11 is 0. The van der Waals surface area contributed by atoms with E-state index in [2.05, 4.69) is 5.32 Å². The van der Waals surface area contributed by atoms with Crippen LogP contribution in [-0.2, 0) is 26.2 Å². The maximum Gasteiger partial charge on any atom is 0.242 e. The Morgan fingerprint density at radius 2 is 1.66 bits per heavy atom. The van der Waals surface area contributed by atoms with Crippen LogP contribution in [0.25, 0.3) is 0 Å². The minimum Gasteiger partial charge on any atom is -0.350 e. The second-order valence-corrected chi connectivity index (χ2v) is 11.7. The van der Waals surface area contributed by atoms with Crippen LogP contribution >= 0.6 is 0 Å². The van der Waals surface area contributed by atoms with Crippen molar-refractivity contribution in [2.45, 2.75) is 65.6 Å². The number of amides is 2. The lowest BCUT2D eigenvalue weighted by Gasteiger charge is -2.32. The van der Waals surface area contributed by atoms with E-state index in [1.807, 2.05) is 39.8 Å². The fraction of sp³-hybridized carbons (Fsp3) is 0.462. The number of carbonyl (C=O) groups is 2. The van der Waals surface area contributed by atoms with E-state index in [1.54, 1.807) is 37.3 Å². The molecule has 2 amide bonds. The third kappa shape index (κ3) is 8.35. The second kappa shape index (κ2) is 11.7. The van der Waals surface area contributed by atoms with Gasteiger partial charge in [-0.15, -0.1) is 0 Å². The van der Waals surface area contributed by atoms with Gasteiger partial charge in [-0.25, -0.2) is 12.8 Å². The summed E-state index contributed by atoms with van der Waals surface area (Å²) in [7, 11) is -3.57. The Labute approximate surface area is 208 Å². The molecule has 7 nitrogen and oxygen atoms in total. The molecule has 0 heterocycles. The predicted molar refractivity (Wildman–Crippen MR) is 137 cm³/mol. The van der Waals surface area contributed by atoms with Crippen LogP contribution in [0.5, 0.6) is 0 Å². The number of anilines is 1. The normalized spacial score (nSPS) is 12.7. The van der Waals surface area contributed by atoms with E-state index in [1.165, 1.54) is 15.3 Å². The van der Waals surface area contributed by atoms with E-state index in [4.69, 9.17) is 0 Å². The number of nitrogens with one attached hydrogen (secondary N) is 1. The molecule has 9 heteroatoms. The van der Waals surface area contributed by atoms with Gasteiger partial charge in [0.25, 0.3) is 0 Å². The van der Waals surface area contributed by atoms with Crippen molar-refractivity contribution >= 4 is 27.5 Å². The summed E-state index contributed by atoms with van der Waals surface area (Å²) < 4.78 is 40.5. The van der Waals surface area contributed by atoms with E-state index in [0.29, 0.717) is 11.3 Å². The van der Waals surface area contributed by atoms with Crippen molar-refractivity contribution in [1.29, 1.82) is 0 Å². The Balaban J connectivity index is 2.21. The Kier molecular flexibility index (Phi) is 9.43. The quantitative estimate of drug-likeness (QED) is 0.529. The van der Waals surface area contributed by atoms with Gasteiger partial charge in [0.15, 0.2) is 0 Å². The van der Waals surface area contributed by atoms with Crippen molar-refractivity contribution in [2.24, 2.45) is 0 Å². The summed E-state index contributed by atoms with van der Waals surface area (Å²) in [5.41, 5.74) is 1.16. The first-order chi connectivity index (χ1) is 16.2. The molecule has 1 unspecified atom stereocenters. The van der Waals surface area contributed by atoms with E-state index in [-0.39, 0.29) is 37.7 Å². The zero-order valence-electron chi connectivity index (χ0n) is 21.3. The van der Waals surface area contributed by atoms with Crippen molar-refractivity contribution in [2.75, 3.05) is 17.1 Å².